The third-order valence-corrected chi connectivity index (χ3v) is 5.76. The van der Waals surface area contributed by atoms with E-state index in [-0.39, 0.29) is 12.0 Å². The van der Waals surface area contributed by atoms with Crippen LogP contribution >= 0.6 is 11.3 Å². The van der Waals surface area contributed by atoms with Gasteiger partial charge in [-0.15, -0.1) is 0 Å². The first kappa shape index (κ1) is 23.8. The van der Waals surface area contributed by atoms with Gasteiger partial charge in [-0.25, -0.2) is 14.6 Å². The highest BCUT2D eigenvalue weighted by molar-refractivity contribution is 7.19. The minimum absolute atomic E-state index is 0.146. The van der Waals surface area contributed by atoms with E-state index in [1.54, 1.807) is 13.2 Å². The third kappa shape index (κ3) is 6.81. The van der Waals surface area contributed by atoms with Crippen molar-refractivity contribution in [2.24, 2.45) is 0 Å². The number of amides is 2. The molecule has 2 amide bonds. The number of unbranched alkanes of at least 4 members (excludes halogenated alkanes) is 2. The number of rotatable bonds is 11. The van der Waals surface area contributed by atoms with E-state index < -0.39 is 6.10 Å². The lowest BCUT2D eigenvalue weighted by Crippen LogP contribution is -2.37. The zero-order valence-corrected chi connectivity index (χ0v) is 19.0. The van der Waals surface area contributed by atoms with E-state index in [9.17, 15) is 9.59 Å². The molecule has 0 aliphatic heterocycles. The molecule has 0 fully saturated rings. The molecular formula is C22H31N3O4S. The molecule has 2 rings (SSSR count). The fourth-order valence-electron chi connectivity index (χ4n) is 2.89. The van der Waals surface area contributed by atoms with Gasteiger partial charge >= 0.3 is 12.0 Å². The summed E-state index contributed by atoms with van der Waals surface area (Å²) in [7, 11) is 3.09. The number of esters is 1. The van der Waals surface area contributed by atoms with Crippen molar-refractivity contribution in [3.8, 4) is 10.4 Å². The topological polar surface area (TPSA) is 80.8 Å². The SMILES string of the molecule is CCCCCNC(=O)N(C)c1ncc(-c2ccc(CC(OCC)C(=O)OC)cc2)s1. The van der Waals surface area contributed by atoms with Crippen LogP contribution in [0, 0.1) is 0 Å². The molecule has 1 aromatic heterocycles. The van der Waals surface area contributed by atoms with Crippen molar-refractivity contribution in [1.82, 2.24) is 10.3 Å². The number of nitrogens with zero attached hydrogens (tertiary/aromatic N) is 2. The van der Waals surface area contributed by atoms with Gasteiger partial charge in [-0.1, -0.05) is 55.4 Å². The second-order valence-electron chi connectivity index (χ2n) is 6.87. The number of thiazole rings is 1. The molecule has 0 aliphatic carbocycles. The lowest BCUT2D eigenvalue weighted by atomic mass is 10.1. The molecule has 0 saturated heterocycles. The number of anilines is 1. The van der Waals surface area contributed by atoms with E-state index in [1.165, 1.54) is 23.3 Å². The normalized spacial score (nSPS) is 11.7. The average Bonchev–Trinajstić information content (AvgIpc) is 3.26. The minimum atomic E-state index is -0.606. The van der Waals surface area contributed by atoms with Crippen molar-refractivity contribution in [2.45, 2.75) is 45.6 Å². The van der Waals surface area contributed by atoms with Crippen LogP contribution in [-0.4, -0.2) is 50.4 Å². The maximum Gasteiger partial charge on any atom is 0.335 e. The van der Waals surface area contributed by atoms with Gasteiger partial charge in [0.25, 0.3) is 0 Å². The van der Waals surface area contributed by atoms with E-state index in [1.807, 2.05) is 31.2 Å². The maximum absolute atomic E-state index is 12.3. The predicted octanol–water partition coefficient (Wildman–Crippen LogP) is 4.27. The quantitative estimate of drug-likeness (QED) is 0.423. The summed E-state index contributed by atoms with van der Waals surface area (Å²) >= 11 is 1.46. The Hall–Kier alpha value is -2.45. The molecule has 7 nitrogen and oxygen atoms in total. The number of nitrogens with one attached hydrogen (secondary N) is 1. The number of hydrogen-bond acceptors (Lipinski definition) is 6. The number of methoxy groups -OCH3 is 1. The van der Waals surface area contributed by atoms with Crippen LogP contribution in [0.15, 0.2) is 30.5 Å². The highest BCUT2D eigenvalue weighted by Crippen LogP contribution is 2.31. The van der Waals surface area contributed by atoms with Crippen LogP contribution in [0.25, 0.3) is 10.4 Å². The second kappa shape index (κ2) is 12.3. The molecule has 1 unspecified atom stereocenters. The number of carbonyl (C=O) groups excluding carboxylic acids is 2. The van der Waals surface area contributed by atoms with Crippen LogP contribution in [0.2, 0.25) is 0 Å². The minimum Gasteiger partial charge on any atom is -0.467 e. The smallest absolute Gasteiger partial charge is 0.335 e. The van der Waals surface area contributed by atoms with Gasteiger partial charge in [-0.3, -0.25) is 4.90 Å². The van der Waals surface area contributed by atoms with Crippen LogP contribution in [0.4, 0.5) is 9.93 Å². The molecule has 1 atom stereocenters. The Kier molecular flexibility index (Phi) is 9.76. The molecule has 0 spiro atoms. The van der Waals surface area contributed by atoms with E-state index in [0.717, 1.165) is 35.3 Å². The van der Waals surface area contributed by atoms with Gasteiger partial charge in [0.15, 0.2) is 11.2 Å². The first-order chi connectivity index (χ1) is 14.5. The van der Waals surface area contributed by atoms with Crippen molar-refractivity contribution in [3.63, 3.8) is 0 Å². The largest absolute Gasteiger partial charge is 0.467 e. The van der Waals surface area contributed by atoms with Gasteiger partial charge < -0.3 is 14.8 Å². The Morgan fingerprint density at radius 2 is 1.93 bits per heavy atom. The standard InChI is InChI=1S/C22H31N3O4S/c1-5-7-8-13-23-21(27)25(3)22-24-15-19(30-22)17-11-9-16(10-12-17)14-18(29-6-2)20(26)28-4/h9-12,15,18H,5-8,13-14H2,1-4H3,(H,23,27). The zero-order valence-electron chi connectivity index (χ0n) is 18.1. The summed E-state index contributed by atoms with van der Waals surface area (Å²) in [4.78, 5) is 31.0. The molecule has 0 saturated carbocycles. The lowest BCUT2D eigenvalue weighted by molar-refractivity contribution is -0.153. The molecule has 1 heterocycles. The van der Waals surface area contributed by atoms with E-state index in [2.05, 4.69) is 17.2 Å². The Morgan fingerprint density at radius 3 is 2.57 bits per heavy atom. The van der Waals surface area contributed by atoms with E-state index in [0.29, 0.717) is 24.7 Å². The van der Waals surface area contributed by atoms with Crippen molar-refractivity contribution in [3.05, 3.63) is 36.0 Å². The van der Waals surface area contributed by atoms with E-state index >= 15 is 0 Å². The molecule has 1 aromatic carbocycles. The Morgan fingerprint density at radius 1 is 1.20 bits per heavy atom. The summed E-state index contributed by atoms with van der Waals surface area (Å²) in [6.07, 6.45) is 4.82. The van der Waals surface area contributed by atoms with Crippen LogP contribution in [0.5, 0.6) is 0 Å². The fourth-order valence-corrected chi connectivity index (χ4v) is 3.77. The summed E-state index contributed by atoms with van der Waals surface area (Å²) in [5.74, 6) is -0.371. The van der Waals surface area contributed by atoms with Gasteiger partial charge in [0.05, 0.1) is 12.0 Å². The van der Waals surface area contributed by atoms with Crippen LogP contribution in [0.1, 0.15) is 38.7 Å². The highest BCUT2D eigenvalue weighted by atomic mass is 32.1. The monoisotopic (exact) mass is 433 g/mol. The van der Waals surface area contributed by atoms with Gasteiger partial charge in [0.1, 0.15) is 0 Å². The number of urea groups is 1. The molecule has 164 valence electrons. The zero-order chi connectivity index (χ0) is 21.9. The number of aromatic nitrogens is 1. The summed E-state index contributed by atoms with van der Waals surface area (Å²) < 4.78 is 10.3. The van der Waals surface area contributed by atoms with Gasteiger partial charge in [0, 0.05) is 32.8 Å². The van der Waals surface area contributed by atoms with Crippen LogP contribution in [0.3, 0.4) is 0 Å². The van der Waals surface area contributed by atoms with Crippen LogP contribution < -0.4 is 10.2 Å². The molecular weight excluding hydrogens is 402 g/mol. The van der Waals surface area contributed by atoms with Crippen molar-refractivity contribution < 1.29 is 19.1 Å². The number of hydrogen-bond donors (Lipinski definition) is 1. The number of carbonyl (C=O) groups is 2. The van der Waals surface area contributed by atoms with Gasteiger partial charge in [-0.05, 0) is 24.5 Å². The fraction of sp³-hybridized carbons (Fsp3) is 0.500. The molecule has 2 aromatic rings. The molecule has 0 aliphatic rings. The number of benzene rings is 1. The van der Waals surface area contributed by atoms with Crippen LogP contribution in [-0.2, 0) is 20.7 Å². The maximum atomic E-state index is 12.3. The molecule has 8 heteroatoms. The third-order valence-electron chi connectivity index (χ3n) is 4.63. The average molecular weight is 434 g/mol. The molecule has 30 heavy (non-hydrogen) atoms. The summed E-state index contributed by atoms with van der Waals surface area (Å²) in [6, 6.07) is 7.75. The van der Waals surface area contributed by atoms with Crippen molar-refractivity contribution in [1.29, 1.82) is 0 Å². The number of ether oxygens (including phenoxy) is 2. The lowest BCUT2D eigenvalue weighted by Gasteiger charge is -2.15. The Balaban J connectivity index is 1.99. The highest BCUT2D eigenvalue weighted by Gasteiger charge is 2.20. The molecule has 1 N–H and O–H groups in total. The van der Waals surface area contributed by atoms with E-state index in [4.69, 9.17) is 9.47 Å². The predicted molar refractivity (Wildman–Crippen MR) is 120 cm³/mol. The molecule has 0 radical (unpaired) electrons. The Labute approximate surface area is 182 Å². The summed E-state index contributed by atoms with van der Waals surface area (Å²) in [5.41, 5.74) is 1.99. The second-order valence-corrected chi connectivity index (χ2v) is 7.88. The Bertz CT molecular complexity index is 807. The summed E-state index contributed by atoms with van der Waals surface area (Å²) in [6.45, 7) is 5.10. The van der Waals surface area contributed by atoms with Crippen molar-refractivity contribution in [2.75, 3.05) is 32.2 Å². The first-order valence-electron chi connectivity index (χ1n) is 10.3. The van der Waals surface area contributed by atoms with Gasteiger partial charge in [-0.2, -0.15) is 0 Å². The van der Waals surface area contributed by atoms with Gasteiger partial charge in [0.2, 0.25) is 0 Å². The first-order valence-corrected chi connectivity index (χ1v) is 11.1. The van der Waals surface area contributed by atoms with Crippen molar-refractivity contribution >= 4 is 28.5 Å². The molecule has 0 bridgehead atoms. The summed E-state index contributed by atoms with van der Waals surface area (Å²) in [5, 5.41) is 3.56.